The van der Waals surface area contributed by atoms with E-state index in [4.69, 9.17) is 16.3 Å². The van der Waals surface area contributed by atoms with E-state index in [1.165, 1.54) is 17.5 Å². The summed E-state index contributed by atoms with van der Waals surface area (Å²) in [5, 5.41) is 0.399. The number of ether oxygens (including phenoxy) is 1. The Labute approximate surface area is 145 Å². The normalized spacial score (nSPS) is 17.4. The first-order valence-corrected chi connectivity index (χ1v) is 8.31. The molecular formula is C18H17ClN4O. The van der Waals surface area contributed by atoms with Crippen LogP contribution in [0, 0.1) is 0 Å². The van der Waals surface area contributed by atoms with Gasteiger partial charge in [0.1, 0.15) is 11.8 Å². The average molecular weight is 341 g/mol. The molecule has 1 aromatic carbocycles. The Kier molecular flexibility index (Phi) is 4.28. The summed E-state index contributed by atoms with van der Waals surface area (Å²) in [6.45, 7) is 1.30. The molecule has 0 amide bonds. The molecule has 1 atom stereocenters. The first-order valence-electron chi connectivity index (χ1n) is 7.94. The van der Waals surface area contributed by atoms with Crippen molar-refractivity contribution in [1.82, 2.24) is 19.5 Å². The summed E-state index contributed by atoms with van der Waals surface area (Å²) < 4.78 is 7.92. The van der Waals surface area contributed by atoms with Gasteiger partial charge >= 0.3 is 0 Å². The van der Waals surface area contributed by atoms with Crippen molar-refractivity contribution in [2.45, 2.75) is 25.5 Å². The quantitative estimate of drug-likeness (QED) is 0.521. The molecule has 0 saturated heterocycles. The topological polar surface area (TPSA) is 52.8 Å². The Morgan fingerprint density at radius 2 is 2.00 bits per heavy atom. The van der Waals surface area contributed by atoms with Gasteiger partial charge in [0.05, 0.1) is 19.5 Å². The standard InChI is InChI=1S/C18H17ClN4O/c19-17-16-18(21-11-20-17)23(12-22-16)15-7-6-14(8-15)10-24-9-13-4-2-1-3-5-13/h1-6,11-12,15H,7-10H2/t15-/m0/s1. The molecule has 0 bridgehead atoms. The third-order valence-electron chi connectivity index (χ3n) is 4.28. The van der Waals surface area contributed by atoms with Gasteiger partial charge < -0.3 is 9.30 Å². The second-order valence-corrected chi connectivity index (χ2v) is 6.28. The molecule has 122 valence electrons. The molecular weight excluding hydrogens is 324 g/mol. The number of benzene rings is 1. The summed E-state index contributed by atoms with van der Waals surface area (Å²) in [7, 11) is 0. The van der Waals surface area contributed by atoms with Crippen molar-refractivity contribution in [2.75, 3.05) is 6.61 Å². The summed E-state index contributed by atoms with van der Waals surface area (Å²) in [5.74, 6) is 0. The van der Waals surface area contributed by atoms with Crippen LogP contribution >= 0.6 is 11.6 Å². The molecule has 0 fully saturated rings. The Hall–Kier alpha value is -2.24. The molecule has 0 N–H and O–H groups in total. The van der Waals surface area contributed by atoms with E-state index in [9.17, 15) is 0 Å². The van der Waals surface area contributed by atoms with Gasteiger partial charge in [0, 0.05) is 6.04 Å². The number of allylic oxidation sites excluding steroid dienone is 1. The van der Waals surface area contributed by atoms with E-state index in [-0.39, 0.29) is 0 Å². The van der Waals surface area contributed by atoms with Crippen LogP contribution in [0.4, 0.5) is 0 Å². The fourth-order valence-electron chi connectivity index (χ4n) is 3.07. The molecule has 4 rings (SSSR count). The number of imidazole rings is 1. The molecule has 1 aliphatic rings. The van der Waals surface area contributed by atoms with E-state index in [0.717, 1.165) is 18.5 Å². The molecule has 0 saturated carbocycles. The molecule has 1 aliphatic carbocycles. The highest BCUT2D eigenvalue weighted by atomic mass is 35.5. The van der Waals surface area contributed by atoms with Crippen molar-refractivity contribution < 1.29 is 4.74 Å². The van der Waals surface area contributed by atoms with Crippen LogP contribution in [0.2, 0.25) is 5.15 Å². The maximum Gasteiger partial charge on any atom is 0.165 e. The van der Waals surface area contributed by atoms with Crippen LogP contribution < -0.4 is 0 Å². The number of hydrogen-bond acceptors (Lipinski definition) is 4. The summed E-state index contributed by atoms with van der Waals surface area (Å²) in [4.78, 5) is 12.6. The van der Waals surface area contributed by atoms with E-state index in [2.05, 4.69) is 37.7 Å². The number of aromatic nitrogens is 4. The van der Waals surface area contributed by atoms with Crippen LogP contribution in [0.1, 0.15) is 24.4 Å². The molecule has 0 radical (unpaired) electrons. The van der Waals surface area contributed by atoms with Gasteiger partial charge in [-0.1, -0.05) is 48.0 Å². The Bertz CT molecular complexity index is 875. The SMILES string of the molecule is Clc1ncnc2c1ncn2[C@H]1CC=C(COCc2ccccc2)C1. The van der Waals surface area contributed by atoms with Crippen molar-refractivity contribution in [3.05, 3.63) is 65.4 Å². The molecule has 0 aliphatic heterocycles. The number of halogens is 1. The first kappa shape index (κ1) is 15.3. The van der Waals surface area contributed by atoms with Crippen LogP contribution in [0.5, 0.6) is 0 Å². The van der Waals surface area contributed by atoms with Crippen molar-refractivity contribution in [3.8, 4) is 0 Å². The molecule has 6 heteroatoms. The number of rotatable bonds is 5. The second kappa shape index (κ2) is 6.71. The Morgan fingerprint density at radius 3 is 2.88 bits per heavy atom. The fraction of sp³-hybridized carbons (Fsp3) is 0.278. The monoisotopic (exact) mass is 340 g/mol. The minimum atomic E-state index is 0.316. The van der Waals surface area contributed by atoms with Gasteiger partial charge in [-0.15, -0.1) is 0 Å². The van der Waals surface area contributed by atoms with E-state index in [1.54, 1.807) is 6.33 Å². The minimum absolute atomic E-state index is 0.316. The average Bonchev–Trinajstić information content (AvgIpc) is 3.23. The van der Waals surface area contributed by atoms with E-state index >= 15 is 0 Å². The van der Waals surface area contributed by atoms with Gasteiger partial charge in [0.25, 0.3) is 0 Å². The van der Waals surface area contributed by atoms with Gasteiger partial charge in [0.2, 0.25) is 0 Å². The highest BCUT2D eigenvalue weighted by Crippen LogP contribution is 2.32. The predicted octanol–water partition coefficient (Wildman–Crippen LogP) is 3.96. The summed E-state index contributed by atoms with van der Waals surface area (Å²) in [6.07, 6.45) is 7.44. The smallest absolute Gasteiger partial charge is 0.165 e. The molecule has 0 spiro atoms. The van der Waals surface area contributed by atoms with E-state index in [0.29, 0.717) is 29.9 Å². The van der Waals surface area contributed by atoms with Crippen LogP contribution in [-0.4, -0.2) is 26.1 Å². The zero-order valence-corrected chi connectivity index (χ0v) is 13.9. The molecule has 5 nitrogen and oxygen atoms in total. The third kappa shape index (κ3) is 3.05. The largest absolute Gasteiger partial charge is 0.372 e. The number of nitrogens with zero attached hydrogens (tertiary/aromatic N) is 4. The van der Waals surface area contributed by atoms with Crippen LogP contribution in [-0.2, 0) is 11.3 Å². The van der Waals surface area contributed by atoms with Gasteiger partial charge in [-0.25, -0.2) is 15.0 Å². The number of fused-ring (bicyclic) bond motifs is 1. The van der Waals surface area contributed by atoms with E-state index < -0.39 is 0 Å². The third-order valence-corrected chi connectivity index (χ3v) is 4.56. The highest BCUT2D eigenvalue weighted by Gasteiger charge is 2.21. The zero-order chi connectivity index (χ0) is 16.4. The maximum atomic E-state index is 6.07. The van der Waals surface area contributed by atoms with Crippen LogP contribution in [0.25, 0.3) is 11.2 Å². The van der Waals surface area contributed by atoms with Crippen molar-refractivity contribution >= 4 is 22.8 Å². The predicted molar refractivity (Wildman–Crippen MR) is 92.8 cm³/mol. The number of hydrogen-bond donors (Lipinski definition) is 0. The van der Waals surface area contributed by atoms with Crippen molar-refractivity contribution in [3.63, 3.8) is 0 Å². The van der Waals surface area contributed by atoms with E-state index in [1.807, 2.05) is 18.2 Å². The molecule has 0 unspecified atom stereocenters. The molecule has 2 aromatic heterocycles. The summed E-state index contributed by atoms with van der Waals surface area (Å²) >= 11 is 6.07. The highest BCUT2D eigenvalue weighted by molar-refractivity contribution is 6.33. The summed E-state index contributed by atoms with van der Waals surface area (Å²) in [6, 6.07) is 10.5. The van der Waals surface area contributed by atoms with Crippen molar-refractivity contribution in [1.29, 1.82) is 0 Å². The van der Waals surface area contributed by atoms with Crippen molar-refractivity contribution in [2.24, 2.45) is 0 Å². The van der Waals surface area contributed by atoms with Crippen LogP contribution in [0.15, 0.2) is 54.6 Å². The summed E-state index contributed by atoms with van der Waals surface area (Å²) in [5.41, 5.74) is 3.96. The molecule has 3 aromatic rings. The lowest BCUT2D eigenvalue weighted by Gasteiger charge is -2.13. The van der Waals surface area contributed by atoms with Gasteiger partial charge in [0.15, 0.2) is 10.8 Å². The molecule has 24 heavy (non-hydrogen) atoms. The lowest BCUT2D eigenvalue weighted by atomic mass is 10.2. The molecule has 2 heterocycles. The lowest BCUT2D eigenvalue weighted by molar-refractivity contribution is 0.140. The lowest BCUT2D eigenvalue weighted by Crippen LogP contribution is -2.06. The minimum Gasteiger partial charge on any atom is -0.372 e. The van der Waals surface area contributed by atoms with Crippen LogP contribution in [0.3, 0.4) is 0 Å². The van der Waals surface area contributed by atoms with Gasteiger partial charge in [-0.3, -0.25) is 0 Å². The second-order valence-electron chi connectivity index (χ2n) is 5.92. The Morgan fingerprint density at radius 1 is 1.12 bits per heavy atom. The Balaban J connectivity index is 1.38. The first-order chi connectivity index (χ1) is 11.8. The van der Waals surface area contributed by atoms with Gasteiger partial charge in [-0.2, -0.15) is 0 Å². The maximum absolute atomic E-state index is 6.07. The fourth-order valence-corrected chi connectivity index (χ4v) is 3.24. The van der Waals surface area contributed by atoms with Gasteiger partial charge in [-0.05, 0) is 24.0 Å². The zero-order valence-electron chi connectivity index (χ0n) is 13.1.